The van der Waals surface area contributed by atoms with Crippen molar-refractivity contribution in [3.05, 3.63) is 4.88 Å². The zero-order chi connectivity index (χ0) is 16.2. The molecule has 1 aromatic rings. The van der Waals surface area contributed by atoms with E-state index in [1.807, 2.05) is 18.7 Å². The Kier molecular flexibility index (Phi) is 5.95. The third-order valence-corrected chi connectivity index (χ3v) is 4.17. The molecule has 1 aromatic heterocycles. The van der Waals surface area contributed by atoms with Crippen LogP contribution in [-0.4, -0.2) is 54.9 Å². The summed E-state index contributed by atoms with van der Waals surface area (Å²) in [6.45, 7) is 7.25. The molecule has 0 aliphatic rings. The molecule has 1 atom stereocenters. The number of nitrogen functional groups attached to an aromatic ring is 1. The number of rotatable bonds is 6. The lowest BCUT2D eigenvalue weighted by atomic mass is 10.3. The monoisotopic (exact) mass is 313 g/mol. The van der Waals surface area contributed by atoms with Crippen molar-refractivity contribution in [2.75, 3.05) is 37.8 Å². The van der Waals surface area contributed by atoms with Gasteiger partial charge in [-0.05, 0) is 20.8 Å². The number of carbonyl (C=O) groups is 2. The summed E-state index contributed by atoms with van der Waals surface area (Å²) < 4.78 is 0. The van der Waals surface area contributed by atoms with Gasteiger partial charge in [0, 0.05) is 27.2 Å². The molecule has 0 saturated carbocycles. The van der Waals surface area contributed by atoms with Crippen LogP contribution in [0.5, 0.6) is 0 Å². The van der Waals surface area contributed by atoms with Gasteiger partial charge in [-0.25, -0.2) is 4.98 Å². The van der Waals surface area contributed by atoms with E-state index >= 15 is 0 Å². The Labute approximate surface area is 129 Å². The van der Waals surface area contributed by atoms with Gasteiger partial charge in [0.2, 0.25) is 5.91 Å². The summed E-state index contributed by atoms with van der Waals surface area (Å²) >= 11 is 1.24. The Hall–Kier alpha value is -1.83. The Balaban J connectivity index is 2.86. The van der Waals surface area contributed by atoms with Crippen LogP contribution < -0.4 is 16.0 Å². The van der Waals surface area contributed by atoms with Gasteiger partial charge >= 0.3 is 0 Å². The molecule has 0 fully saturated rings. The van der Waals surface area contributed by atoms with Crippen LogP contribution in [-0.2, 0) is 4.79 Å². The van der Waals surface area contributed by atoms with E-state index in [-0.39, 0.29) is 17.6 Å². The minimum Gasteiger partial charge on any atom is -0.382 e. The second-order valence-electron chi connectivity index (χ2n) is 4.81. The fourth-order valence-corrected chi connectivity index (χ4v) is 2.84. The van der Waals surface area contributed by atoms with Crippen LogP contribution in [0.4, 0.5) is 10.9 Å². The van der Waals surface area contributed by atoms with Crippen LogP contribution in [0.3, 0.4) is 0 Å². The highest BCUT2D eigenvalue weighted by Gasteiger charge is 2.23. The highest BCUT2D eigenvalue weighted by molar-refractivity contribution is 7.18. The number of nitrogens with one attached hydrogen (secondary N) is 1. The van der Waals surface area contributed by atoms with E-state index in [4.69, 9.17) is 5.73 Å². The molecule has 1 unspecified atom stereocenters. The molecule has 2 amide bonds. The second-order valence-corrected chi connectivity index (χ2v) is 5.79. The normalized spacial score (nSPS) is 11.9. The molecule has 0 saturated heterocycles. The maximum Gasteiger partial charge on any atom is 0.265 e. The Bertz CT molecular complexity index is 511. The Morgan fingerprint density at radius 1 is 1.33 bits per heavy atom. The molecule has 7 nitrogen and oxygen atoms in total. The first-order valence-corrected chi connectivity index (χ1v) is 7.66. The van der Waals surface area contributed by atoms with E-state index in [0.717, 1.165) is 13.1 Å². The van der Waals surface area contributed by atoms with Crippen molar-refractivity contribution >= 4 is 34.1 Å². The zero-order valence-corrected chi connectivity index (χ0v) is 14.0. The van der Waals surface area contributed by atoms with Crippen molar-refractivity contribution in [1.29, 1.82) is 0 Å². The number of thiazole rings is 1. The summed E-state index contributed by atoms with van der Waals surface area (Å²) in [4.78, 5) is 32.0. The number of aromatic nitrogens is 1. The average molecular weight is 313 g/mol. The summed E-state index contributed by atoms with van der Waals surface area (Å²) in [5, 5.41) is 3.37. The van der Waals surface area contributed by atoms with Gasteiger partial charge in [0.1, 0.15) is 16.7 Å². The van der Waals surface area contributed by atoms with Crippen LogP contribution >= 0.6 is 11.3 Å². The molecule has 118 valence electrons. The maximum absolute atomic E-state index is 12.2. The number of likely N-dealkylation sites (N-methyl/N-ethyl adjacent to an activating group) is 1. The van der Waals surface area contributed by atoms with Crippen LogP contribution in [0.25, 0.3) is 0 Å². The summed E-state index contributed by atoms with van der Waals surface area (Å²) in [6.07, 6.45) is 0. The predicted octanol–water partition coefficient (Wildman–Crippen LogP) is 0.778. The van der Waals surface area contributed by atoms with E-state index in [1.165, 1.54) is 16.2 Å². The van der Waals surface area contributed by atoms with Crippen LogP contribution in [0.2, 0.25) is 0 Å². The van der Waals surface area contributed by atoms with Gasteiger partial charge in [0.25, 0.3) is 5.91 Å². The van der Waals surface area contributed by atoms with E-state index in [1.54, 1.807) is 21.0 Å². The first kappa shape index (κ1) is 17.2. The number of nitrogens with zero attached hydrogens (tertiary/aromatic N) is 3. The van der Waals surface area contributed by atoms with E-state index in [9.17, 15) is 9.59 Å². The Morgan fingerprint density at radius 3 is 2.38 bits per heavy atom. The first-order valence-electron chi connectivity index (χ1n) is 6.85. The van der Waals surface area contributed by atoms with Crippen molar-refractivity contribution < 1.29 is 9.59 Å². The number of amides is 2. The van der Waals surface area contributed by atoms with Gasteiger partial charge in [0.05, 0.1) is 0 Å². The lowest BCUT2D eigenvalue weighted by Gasteiger charge is -2.17. The fraction of sp³-hybridized carbons (Fsp3) is 0.615. The van der Waals surface area contributed by atoms with Crippen molar-refractivity contribution in [3.8, 4) is 0 Å². The largest absolute Gasteiger partial charge is 0.382 e. The second kappa shape index (κ2) is 7.26. The lowest BCUT2D eigenvalue weighted by Crippen LogP contribution is -2.44. The number of carbonyl (C=O) groups excluding carboxylic acids is 2. The van der Waals surface area contributed by atoms with Gasteiger partial charge < -0.3 is 20.9 Å². The van der Waals surface area contributed by atoms with Crippen LogP contribution in [0.1, 0.15) is 30.4 Å². The molecule has 21 heavy (non-hydrogen) atoms. The number of anilines is 2. The van der Waals surface area contributed by atoms with Gasteiger partial charge in [0.15, 0.2) is 5.13 Å². The molecule has 0 aliphatic carbocycles. The highest BCUT2D eigenvalue weighted by Crippen LogP contribution is 2.27. The minimum absolute atomic E-state index is 0.171. The lowest BCUT2D eigenvalue weighted by molar-refractivity contribution is -0.130. The maximum atomic E-state index is 12.2. The van der Waals surface area contributed by atoms with Crippen molar-refractivity contribution in [2.45, 2.75) is 26.8 Å². The molecule has 0 bridgehead atoms. The molecule has 8 heteroatoms. The van der Waals surface area contributed by atoms with Crippen LogP contribution in [0.15, 0.2) is 0 Å². The summed E-state index contributed by atoms with van der Waals surface area (Å²) in [5.41, 5.74) is 5.82. The van der Waals surface area contributed by atoms with Gasteiger partial charge in [-0.3, -0.25) is 9.59 Å². The molecule has 1 rings (SSSR count). The van der Waals surface area contributed by atoms with Crippen molar-refractivity contribution in [1.82, 2.24) is 15.2 Å². The summed E-state index contributed by atoms with van der Waals surface area (Å²) in [6, 6.07) is -0.606. The summed E-state index contributed by atoms with van der Waals surface area (Å²) in [7, 11) is 3.29. The molecule has 0 aliphatic heterocycles. The minimum atomic E-state index is -0.606. The highest BCUT2D eigenvalue weighted by atomic mass is 32.1. The molecule has 0 radical (unpaired) electrons. The van der Waals surface area contributed by atoms with Gasteiger partial charge in [-0.2, -0.15) is 0 Å². The number of hydrogen-bond acceptors (Lipinski definition) is 6. The third-order valence-electron chi connectivity index (χ3n) is 3.04. The first-order chi connectivity index (χ1) is 9.81. The van der Waals surface area contributed by atoms with E-state index in [0.29, 0.717) is 10.0 Å². The summed E-state index contributed by atoms with van der Waals surface area (Å²) in [5.74, 6) is -0.342. The fourth-order valence-electron chi connectivity index (χ4n) is 1.82. The number of hydrogen-bond donors (Lipinski definition) is 2. The topological polar surface area (TPSA) is 91.6 Å². The Morgan fingerprint density at radius 2 is 1.90 bits per heavy atom. The smallest absolute Gasteiger partial charge is 0.265 e. The molecule has 1 heterocycles. The molecule has 3 N–H and O–H groups in total. The van der Waals surface area contributed by atoms with Gasteiger partial charge in [-0.15, -0.1) is 0 Å². The predicted molar refractivity (Wildman–Crippen MR) is 85.7 cm³/mol. The standard InChI is InChI=1S/C13H23N5O2S/c1-6-18(7-2)13-16-10(14)9(21-13)11(19)15-8(3)12(20)17(4)5/h8H,6-7,14H2,1-5H3,(H,15,19). The molecular weight excluding hydrogens is 290 g/mol. The van der Waals surface area contributed by atoms with Gasteiger partial charge in [-0.1, -0.05) is 11.3 Å². The van der Waals surface area contributed by atoms with Crippen LogP contribution in [0, 0.1) is 0 Å². The third kappa shape index (κ3) is 4.07. The molecule has 0 spiro atoms. The SMILES string of the molecule is CCN(CC)c1nc(N)c(C(=O)NC(C)C(=O)N(C)C)s1. The zero-order valence-electron chi connectivity index (χ0n) is 13.1. The van der Waals surface area contributed by atoms with Crippen molar-refractivity contribution in [3.63, 3.8) is 0 Å². The van der Waals surface area contributed by atoms with Crippen molar-refractivity contribution in [2.24, 2.45) is 0 Å². The van der Waals surface area contributed by atoms with E-state index < -0.39 is 6.04 Å². The number of nitrogens with two attached hydrogens (primary N) is 1. The molecular formula is C13H23N5O2S. The molecule has 0 aromatic carbocycles. The van der Waals surface area contributed by atoms with E-state index in [2.05, 4.69) is 10.3 Å². The quantitative estimate of drug-likeness (QED) is 0.810. The average Bonchev–Trinajstić information content (AvgIpc) is 2.81.